The van der Waals surface area contributed by atoms with Crippen molar-refractivity contribution < 1.29 is 18.9 Å². The van der Waals surface area contributed by atoms with E-state index in [0.717, 1.165) is 40.4 Å². The summed E-state index contributed by atoms with van der Waals surface area (Å²) in [6.45, 7) is 12.9. The minimum absolute atomic E-state index is 0.160. The molecule has 6 rings (SSSR count). The van der Waals surface area contributed by atoms with Gasteiger partial charge >= 0.3 is 0 Å². The van der Waals surface area contributed by atoms with Gasteiger partial charge in [0.05, 0.1) is 0 Å². The van der Waals surface area contributed by atoms with Crippen LogP contribution in [0.3, 0.4) is 0 Å². The van der Waals surface area contributed by atoms with Crippen molar-refractivity contribution in [3.05, 3.63) is 151 Å². The number of para-hydroxylation sites is 2. The molecule has 0 heterocycles. The Labute approximate surface area is 290 Å². The van der Waals surface area contributed by atoms with E-state index in [2.05, 4.69) is 57.2 Å². The zero-order valence-electron chi connectivity index (χ0n) is 29.2. The van der Waals surface area contributed by atoms with Crippen LogP contribution in [0.2, 0.25) is 0 Å². The first-order valence-corrected chi connectivity index (χ1v) is 16.9. The summed E-state index contributed by atoms with van der Waals surface area (Å²) in [7, 11) is 0. The molecular weight excluding hydrogens is 604 g/mol. The van der Waals surface area contributed by atoms with Crippen molar-refractivity contribution in [2.45, 2.75) is 59.0 Å². The molecule has 4 nitrogen and oxygen atoms in total. The van der Waals surface area contributed by atoms with Crippen LogP contribution in [0, 0.1) is 0 Å². The quantitative estimate of drug-likeness (QED) is 0.140. The van der Waals surface area contributed by atoms with Gasteiger partial charge in [-0.2, -0.15) is 0 Å². The predicted octanol–water partition coefficient (Wildman–Crippen LogP) is 13.3. The van der Waals surface area contributed by atoms with Crippen molar-refractivity contribution in [3.8, 4) is 62.5 Å². The zero-order chi connectivity index (χ0) is 34.4. The number of hydrogen-bond donors (Lipinski definition) is 0. The minimum Gasteiger partial charge on any atom is -0.484 e. The highest BCUT2D eigenvalue weighted by molar-refractivity contribution is 5.71. The van der Waals surface area contributed by atoms with Gasteiger partial charge in [0.15, 0.2) is 23.0 Å². The van der Waals surface area contributed by atoms with Crippen LogP contribution in [-0.4, -0.2) is 5.60 Å². The molecule has 0 radical (unpaired) electrons. The van der Waals surface area contributed by atoms with E-state index in [0.29, 0.717) is 23.0 Å². The highest BCUT2D eigenvalue weighted by atomic mass is 16.5. The lowest BCUT2D eigenvalue weighted by atomic mass is 9.82. The van der Waals surface area contributed by atoms with E-state index in [1.165, 1.54) is 11.1 Å². The summed E-state index contributed by atoms with van der Waals surface area (Å²) < 4.78 is 25.5. The second-order valence-electron chi connectivity index (χ2n) is 13.8. The van der Waals surface area contributed by atoms with E-state index in [4.69, 9.17) is 18.9 Å². The summed E-state index contributed by atoms with van der Waals surface area (Å²) in [6.07, 6.45) is 1.09. The maximum atomic E-state index is 6.45. The normalized spacial score (nSPS) is 11.6. The molecule has 0 N–H and O–H groups in total. The third kappa shape index (κ3) is 8.52. The Hall–Kier alpha value is -5.48. The van der Waals surface area contributed by atoms with Crippen LogP contribution in [0.4, 0.5) is 0 Å². The highest BCUT2D eigenvalue weighted by Crippen LogP contribution is 2.42. The van der Waals surface area contributed by atoms with Gasteiger partial charge in [-0.3, -0.25) is 0 Å². The van der Waals surface area contributed by atoms with Crippen LogP contribution >= 0.6 is 0 Å². The first-order chi connectivity index (χ1) is 23.6. The van der Waals surface area contributed by atoms with E-state index < -0.39 is 0 Å². The van der Waals surface area contributed by atoms with Gasteiger partial charge in [0, 0.05) is 0 Å². The number of benzene rings is 6. The highest BCUT2D eigenvalue weighted by Gasteiger charge is 2.19. The second kappa shape index (κ2) is 14.3. The van der Waals surface area contributed by atoms with E-state index >= 15 is 0 Å². The average Bonchev–Trinajstić information content (AvgIpc) is 3.10. The largest absolute Gasteiger partial charge is 0.484 e. The number of ether oxygens (including phenoxy) is 4. The molecule has 0 bridgehead atoms. The molecule has 49 heavy (non-hydrogen) atoms. The van der Waals surface area contributed by atoms with Gasteiger partial charge < -0.3 is 18.9 Å². The molecule has 4 heteroatoms. The third-order valence-corrected chi connectivity index (χ3v) is 8.54. The fraction of sp³-hybridized carbons (Fsp3) is 0.200. The maximum absolute atomic E-state index is 6.45. The Kier molecular flexibility index (Phi) is 9.77. The van der Waals surface area contributed by atoms with Crippen molar-refractivity contribution in [2.24, 2.45) is 0 Å². The van der Waals surface area contributed by atoms with Crippen LogP contribution in [0.1, 0.15) is 53.5 Å². The standard InChI is InChI=1S/C45H44O4/c1-7-45(5,6)36-24-18-32(19-25-36)33-20-26-39(27-21-33)46-40-28-22-34(30-42(40)47-37-14-10-8-11-15-37)35-23-29-41(49-44(2,3)4)43(31-35)48-38-16-12-9-13-17-38/h8-31H,7H2,1-6H3. The Bertz CT molecular complexity index is 1970. The van der Waals surface area contributed by atoms with Gasteiger partial charge in [-0.1, -0.05) is 106 Å². The molecule has 0 aromatic heterocycles. The molecule has 248 valence electrons. The Balaban J connectivity index is 1.30. The van der Waals surface area contributed by atoms with Gasteiger partial charge in [0.1, 0.15) is 22.8 Å². The summed E-state index contributed by atoms with van der Waals surface area (Å²) >= 11 is 0. The van der Waals surface area contributed by atoms with Gasteiger partial charge in [0.2, 0.25) is 0 Å². The van der Waals surface area contributed by atoms with E-state index in [9.17, 15) is 0 Å². The van der Waals surface area contributed by atoms with Crippen LogP contribution in [0.5, 0.6) is 40.2 Å². The molecule has 6 aromatic rings. The molecule has 0 aliphatic heterocycles. The van der Waals surface area contributed by atoms with Gasteiger partial charge in [0.25, 0.3) is 0 Å². The van der Waals surface area contributed by atoms with Gasteiger partial charge in [-0.25, -0.2) is 0 Å². The van der Waals surface area contributed by atoms with Crippen molar-refractivity contribution in [1.29, 1.82) is 0 Å². The molecule has 0 aliphatic rings. The summed E-state index contributed by atoms with van der Waals surface area (Å²) in [6, 6.07) is 48.5. The minimum atomic E-state index is -0.388. The fourth-order valence-corrected chi connectivity index (χ4v) is 5.42. The van der Waals surface area contributed by atoms with E-state index in [1.54, 1.807) is 0 Å². The Morgan fingerprint density at radius 1 is 0.408 bits per heavy atom. The summed E-state index contributed by atoms with van der Waals surface area (Å²) in [5, 5.41) is 0. The average molecular weight is 649 g/mol. The van der Waals surface area contributed by atoms with Crippen molar-refractivity contribution >= 4 is 0 Å². The molecule has 0 atom stereocenters. The molecule has 6 aromatic carbocycles. The summed E-state index contributed by atoms with van der Waals surface area (Å²) in [5.41, 5.74) is 5.33. The molecular formula is C45H44O4. The van der Waals surface area contributed by atoms with Crippen molar-refractivity contribution in [2.75, 3.05) is 0 Å². The van der Waals surface area contributed by atoms with Crippen LogP contribution in [0.25, 0.3) is 22.3 Å². The number of hydrogen-bond acceptors (Lipinski definition) is 4. The topological polar surface area (TPSA) is 36.9 Å². The molecule has 0 spiro atoms. The first-order valence-electron chi connectivity index (χ1n) is 16.9. The SMILES string of the molecule is CCC(C)(C)c1ccc(-c2ccc(Oc3ccc(-c4ccc(OC(C)(C)C)c(Oc5ccccc5)c4)cc3Oc3ccccc3)cc2)cc1. The summed E-state index contributed by atoms with van der Waals surface area (Å²) in [4.78, 5) is 0. The molecule has 0 saturated heterocycles. The molecule has 0 aliphatic carbocycles. The molecule has 0 saturated carbocycles. The van der Waals surface area contributed by atoms with Gasteiger partial charge in [-0.05, 0) is 121 Å². The predicted molar refractivity (Wildman–Crippen MR) is 201 cm³/mol. The lowest BCUT2D eigenvalue weighted by Gasteiger charge is -2.23. The third-order valence-electron chi connectivity index (χ3n) is 8.54. The second-order valence-corrected chi connectivity index (χ2v) is 13.8. The molecule has 0 unspecified atom stereocenters. The summed E-state index contributed by atoms with van der Waals surface area (Å²) in [5.74, 6) is 4.69. The lowest BCUT2D eigenvalue weighted by Crippen LogP contribution is -2.23. The molecule has 0 fully saturated rings. The van der Waals surface area contributed by atoms with E-state index in [-0.39, 0.29) is 11.0 Å². The van der Waals surface area contributed by atoms with Gasteiger partial charge in [-0.15, -0.1) is 0 Å². The number of rotatable bonds is 11. The van der Waals surface area contributed by atoms with Crippen LogP contribution < -0.4 is 18.9 Å². The van der Waals surface area contributed by atoms with Crippen molar-refractivity contribution in [1.82, 2.24) is 0 Å². The van der Waals surface area contributed by atoms with Crippen molar-refractivity contribution in [3.63, 3.8) is 0 Å². The fourth-order valence-electron chi connectivity index (χ4n) is 5.42. The smallest absolute Gasteiger partial charge is 0.170 e. The van der Waals surface area contributed by atoms with Crippen LogP contribution in [0.15, 0.2) is 146 Å². The zero-order valence-corrected chi connectivity index (χ0v) is 29.2. The molecule has 0 amide bonds. The lowest BCUT2D eigenvalue weighted by molar-refractivity contribution is 0.126. The van der Waals surface area contributed by atoms with E-state index in [1.807, 2.05) is 130 Å². The maximum Gasteiger partial charge on any atom is 0.170 e. The Morgan fingerprint density at radius 3 is 1.31 bits per heavy atom. The Morgan fingerprint density at radius 2 is 0.816 bits per heavy atom. The monoisotopic (exact) mass is 648 g/mol. The first kappa shape index (κ1) is 33.4. The van der Waals surface area contributed by atoms with Crippen LogP contribution in [-0.2, 0) is 5.41 Å².